The first kappa shape index (κ1) is 13.4. The van der Waals surface area contributed by atoms with Crippen LogP contribution in [0.1, 0.15) is 12.0 Å². The molecule has 1 aromatic rings. The second kappa shape index (κ2) is 6.85. The number of amides is 2. The Labute approximate surface area is 100 Å². The normalized spacial score (nSPS) is 10.1. The van der Waals surface area contributed by atoms with Crippen molar-refractivity contribution < 1.29 is 13.9 Å². The smallest absolute Gasteiger partial charge is 0.319 e. The van der Waals surface area contributed by atoms with E-state index in [1.54, 1.807) is 19.2 Å². The fraction of sp³-hybridized carbons (Fsp3) is 0.417. The molecule has 2 N–H and O–H groups in total. The largest absolute Gasteiger partial charge is 0.385 e. The van der Waals surface area contributed by atoms with Crippen LogP contribution in [0.15, 0.2) is 18.2 Å². The van der Waals surface area contributed by atoms with Gasteiger partial charge in [0.2, 0.25) is 0 Å². The van der Waals surface area contributed by atoms with E-state index >= 15 is 0 Å². The first-order valence-electron chi connectivity index (χ1n) is 5.43. The van der Waals surface area contributed by atoms with Crippen molar-refractivity contribution in [3.63, 3.8) is 0 Å². The van der Waals surface area contributed by atoms with Crippen LogP contribution in [-0.2, 0) is 4.74 Å². The fourth-order valence-corrected chi connectivity index (χ4v) is 1.32. The second-order valence-electron chi connectivity index (χ2n) is 3.71. The molecule has 4 nitrogen and oxygen atoms in total. The van der Waals surface area contributed by atoms with Crippen molar-refractivity contribution in [1.82, 2.24) is 5.32 Å². The van der Waals surface area contributed by atoms with E-state index in [0.29, 0.717) is 13.2 Å². The van der Waals surface area contributed by atoms with Crippen LogP contribution in [-0.4, -0.2) is 26.3 Å². The van der Waals surface area contributed by atoms with Gasteiger partial charge in [0, 0.05) is 20.3 Å². The molecule has 0 aliphatic rings. The summed E-state index contributed by atoms with van der Waals surface area (Å²) in [7, 11) is 1.60. The van der Waals surface area contributed by atoms with E-state index in [1.807, 2.05) is 6.92 Å². The minimum atomic E-state index is -0.442. The number of anilines is 1. The molecule has 0 spiro atoms. The maximum Gasteiger partial charge on any atom is 0.319 e. The lowest BCUT2D eigenvalue weighted by atomic mass is 10.2. The van der Waals surface area contributed by atoms with Crippen molar-refractivity contribution in [3.8, 4) is 0 Å². The standard InChI is InChI=1S/C12H17FN2O2/c1-9-4-5-10(13)11(8-9)15-12(16)14-6-3-7-17-2/h4-5,8H,3,6-7H2,1-2H3,(H2,14,15,16). The maximum atomic E-state index is 13.3. The lowest BCUT2D eigenvalue weighted by Gasteiger charge is -2.08. The molecule has 0 aromatic heterocycles. The SMILES string of the molecule is COCCCNC(=O)Nc1cc(C)ccc1F. The highest BCUT2D eigenvalue weighted by atomic mass is 19.1. The third kappa shape index (κ3) is 4.82. The van der Waals surface area contributed by atoms with E-state index in [2.05, 4.69) is 10.6 Å². The number of aryl methyl sites for hydroxylation is 1. The lowest BCUT2D eigenvalue weighted by molar-refractivity contribution is 0.194. The molecule has 0 aliphatic heterocycles. The molecule has 0 aliphatic carbocycles. The van der Waals surface area contributed by atoms with Gasteiger partial charge in [0.15, 0.2) is 0 Å². The van der Waals surface area contributed by atoms with Crippen LogP contribution >= 0.6 is 0 Å². The van der Waals surface area contributed by atoms with E-state index in [4.69, 9.17) is 4.74 Å². The number of methoxy groups -OCH3 is 1. The van der Waals surface area contributed by atoms with Crippen LogP contribution < -0.4 is 10.6 Å². The van der Waals surface area contributed by atoms with Crippen LogP contribution in [0.25, 0.3) is 0 Å². The highest BCUT2D eigenvalue weighted by Gasteiger charge is 2.05. The predicted molar refractivity (Wildman–Crippen MR) is 64.7 cm³/mol. The summed E-state index contributed by atoms with van der Waals surface area (Å²) in [5.41, 5.74) is 1.08. The Hall–Kier alpha value is -1.62. The number of nitrogens with one attached hydrogen (secondary N) is 2. The minimum absolute atomic E-state index is 0.189. The summed E-state index contributed by atoms with van der Waals surface area (Å²) in [5, 5.41) is 5.08. The highest BCUT2D eigenvalue weighted by Crippen LogP contribution is 2.15. The van der Waals surface area contributed by atoms with Gasteiger partial charge in [0.1, 0.15) is 5.82 Å². The van der Waals surface area contributed by atoms with E-state index < -0.39 is 11.8 Å². The summed E-state index contributed by atoms with van der Waals surface area (Å²) in [4.78, 5) is 11.4. The van der Waals surface area contributed by atoms with E-state index in [-0.39, 0.29) is 5.69 Å². The number of hydrogen-bond donors (Lipinski definition) is 2. The summed E-state index contributed by atoms with van der Waals surface area (Å²) in [5.74, 6) is -0.442. The number of hydrogen-bond acceptors (Lipinski definition) is 2. The van der Waals surface area contributed by atoms with Gasteiger partial charge in [0.25, 0.3) is 0 Å². The average molecular weight is 240 g/mol. The van der Waals surface area contributed by atoms with Gasteiger partial charge in [0.05, 0.1) is 5.69 Å². The minimum Gasteiger partial charge on any atom is -0.385 e. The van der Waals surface area contributed by atoms with Crippen LogP contribution in [0.5, 0.6) is 0 Å². The summed E-state index contributed by atoms with van der Waals surface area (Å²) in [6.45, 7) is 2.91. The third-order valence-electron chi connectivity index (χ3n) is 2.18. The lowest BCUT2D eigenvalue weighted by Crippen LogP contribution is -2.30. The molecule has 0 fully saturated rings. The quantitative estimate of drug-likeness (QED) is 0.776. The van der Waals surface area contributed by atoms with Gasteiger partial charge in [-0.05, 0) is 31.0 Å². The van der Waals surface area contributed by atoms with E-state index in [9.17, 15) is 9.18 Å². The number of benzene rings is 1. The Kier molecular flexibility index (Phi) is 5.42. The van der Waals surface area contributed by atoms with Crippen molar-refractivity contribution in [3.05, 3.63) is 29.6 Å². The number of halogens is 1. The van der Waals surface area contributed by atoms with Crippen molar-refractivity contribution in [2.24, 2.45) is 0 Å². The molecule has 0 heterocycles. The molecular weight excluding hydrogens is 223 g/mol. The molecule has 0 saturated carbocycles. The van der Waals surface area contributed by atoms with Gasteiger partial charge in [-0.1, -0.05) is 6.07 Å². The van der Waals surface area contributed by atoms with Crippen LogP contribution in [0.3, 0.4) is 0 Å². The second-order valence-corrected chi connectivity index (χ2v) is 3.71. The zero-order chi connectivity index (χ0) is 12.7. The van der Waals surface area contributed by atoms with Crippen LogP contribution in [0, 0.1) is 12.7 Å². The molecule has 94 valence electrons. The van der Waals surface area contributed by atoms with Gasteiger partial charge < -0.3 is 15.4 Å². The van der Waals surface area contributed by atoms with E-state index in [1.165, 1.54) is 6.07 Å². The summed E-state index contributed by atoms with van der Waals surface area (Å²) < 4.78 is 18.2. The Bertz CT molecular complexity index is 383. The Morgan fingerprint density at radius 3 is 2.94 bits per heavy atom. The first-order chi connectivity index (χ1) is 8.13. The third-order valence-corrected chi connectivity index (χ3v) is 2.18. The number of carbonyl (C=O) groups is 1. The number of rotatable bonds is 5. The molecular formula is C12H17FN2O2. The summed E-state index contributed by atoms with van der Waals surface area (Å²) in [6.07, 6.45) is 0.722. The summed E-state index contributed by atoms with van der Waals surface area (Å²) in [6, 6.07) is 4.15. The Morgan fingerprint density at radius 1 is 1.47 bits per heavy atom. The van der Waals surface area contributed by atoms with Gasteiger partial charge >= 0.3 is 6.03 Å². The molecule has 0 bridgehead atoms. The molecule has 0 radical (unpaired) electrons. The van der Waals surface area contributed by atoms with Crippen molar-refractivity contribution >= 4 is 11.7 Å². The van der Waals surface area contributed by atoms with Crippen LogP contribution in [0.2, 0.25) is 0 Å². The molecule has 1 aromatic carbocycles. The topological polar surface area (TPSA) is 50.4 Å². The highest BCUT2D eigenvalue weighted by molar-refractivity contribution is 5.89. The molecule has 5 heteroatoms. The maximum absolute atomic E-state index is 13.3. The monoisotopic (exact) mass is 240 g/mol. The van der Waals surface area contributed by atoms with Crippen molar-refractivity contribution in [2.75, 3.05) is 25.6 Å². The van der Waals surface area contributed by atoms with Crippen LogP contribution in [0.4, 0.5) is 14.9 Å². The molecule has 0 saturated heterocycles. The van der Waals surface area contributed by atoms with Gasteiger partial charge in [-0.15, -0.1) is 0 Å². The van der Waals surface area contributed by atoms with Gasteiger partial charge in [-0.25, -0.2) is 9.18 Å². The molecule has 17 heavy (non-hydrogen) atoms. The van der Waals surface area contributed by atoms with Gasteiger partial charge in [-0.2, -0.15) is 0 Å². The zero-order valence-electron chi connectivity index (χ0n) is 10.0. The number of carbonyl (C=O) groups excluding carboxylic acids is 1. The molecule has 1 rings (SSSR count). The predicted octanol–water partition coefficient (Wildman–Crippen LogP) is 2.29. The van der Waals surface area contributed by atoms with Crippen molar-refractivity contribution in [2.45, 2.75) is 13.3 Å². The molecule has 0 unspecified atom stereocenters. The zero-order valence-corrected chi connectivity index (χ0v) is 10.0. The summed E-state index contributed by atoms with van der Waals surface area (Å²) >= 11 is 0. The van der Waals surface area contributed by atoms with E-state index in [0.717, 1.165) is 12.0 Å². The molecule has 2 amide bonds. The fourth-order valence-electron chi connectivity index (χ4n) is 1.32. The molecule has 0 atom stereocenters. The number of ether oxygens (including phenoxy) is 1. The van der Waals surface area contributed by atoms with Gasteiger partial charge in [-0.3, -0.25) is 0 Å². The first-order valence-corrected chi connectivity index (χ1v) is 5.43. The average Bonchev–Trinajstić information content (AvgIpc) is 2.29. The number of urea groups is 1. The Balaban J connectivity index is 2.42. The Morgan fingerprint density at radius 2 is 2.24 bits per heavy atom. The van der Waals surface area contributed by atoms with Crippen molar-refractivity contribution in [1.29, 1.82) is 0 Å².